The third kappa shape index (κ3) is 3.59. The molecule has 2 atom stereocenters. The number of carbonyl (C=O) groups excluding carboxylic acids is 2. The third-order valence-electron chi connectivity index (χ3n) is 3.97. The number of hydrogen-bond acceptors (Lipinski definition) is 2. The Kier molecular flexibility index (Phi) is 4.29. The van der Waals surface area contributed by atoms with Crippen LogP contribution in [-0.4, -0.2) is 11.8 Å². The SMILES string of the molecule is Cc1ccc(NC(=O)C2CC2C(=O)Nc2ccc(F)cc2F)cc1. The molecule has 2 N–H and O–H groups in total. The second-order valence-corrected chi connectivity index (χ2v) is 5.92. The van der Waals surface area contributed by atoms with Gasteiger partial charge in [0.1, 0.15) is 11.6 Å². The molecule has 3 rings (SSSR count). The van der Waals surface area contributed by atoms with Gasteiger partial charge in [-0.05, 0) is 37.6 Å². The summed E-state index contributed by atoms with van der Waals surface area (Å²) in [5.74, 6) is -3.17. The highest BCUT2D eigenvalue weighted by molar-refractivity contribution is 6.03. The first-order valence-electron chi connectivity index (χ1n) is 7.57. The van der Waals surface area contributed by atoms with Crippen LogP contribution < -0.4 is 10.6 Å². The number of amides is 2. The quantitative estimate of drug-likeness (QED) is 0.901. The van der Waals surface area contributed by atoms with Crippen molar-refractivity contribution in [2.75, 3.05) is 10.6 Å². The standard InChI is InChI=1S/C18H16F2N2O2/c1-10-2-5-12(6-3-10)21-17(23)13-9-14(13)18(24)22-16-7-4-11(19)8-15(16)20/h2-8,13-14H,9H2,1H3,(H,21,23)(H,22,24). The Bertz CT molecular complexity index is 790. The van der Waals surface area contributed by atoms with Crippen molar-refractivity contribution in [3.05, 3.63) is 59.7 Å². The van der Waals surface area contributed by atoms with E-state index >= 15 is 0 Å². The summed E-state index contributed by atoms with van der Waals surface area (Å²) < 4.78 is 26.4. The molecular formula is C18H16F2N2O2. The predicted molar refractivity (Wildman–Crippen MR) is 86.4 cm³/mol. The van der Waals surface area contributed by atoms with Gasteiger partial charge in [-0.3, -0.25) is 9.59 Å². The molecule has 0 aliphatic heterocycles. The van der Waals surface area contributed by atoms with E-state index in [2.05, 4.69) is 10.6 Å². The summed E-state index contributed by atoms with van der Waals surface area (Å²) in [5, 5.41) is 5.15. The monoisotopic (exact) mass is 330 g/mol. The molecule has 6 heteroatoms. The van der Waals surface area contributed by atoms with Crippen molar-refractivity contribution in [2.24, 2.45) is 11.8 Å². The number of halogens is 2. The molecule has 2 aromatic carbocycles. The van der Waals surface area contributed by atoms with Crippen LogP contribution in [0, 0.1) is 30.4 Å². The number of hydrogen-bond donors (Lipinski definition) is 2. The maximum absolute atomic E-state index is 13.5. The van der Waals surface area contributed by atoms with Gasteiger partial charge in [0, 0.05) is 11.8 Å². The zero-order valence-corrected chi connectivity index (χ0v) is 13.0. The van der Waals surface area contributed by atoms with Crippen LogP contribution in [0.3, 0.4) is 0 Å². The average molecular weight is 330 g/mol. The Labute approximate surface area is 137 Å². The van der Waals surface area contributed by atoms with Gasteiger partial charge in [0.2, 0.25) is 11.8 Å². The smallest absolute Gasteiger partial charge is 0.228 e. The average Bonchev–Trinajstić information content (AvgIpc) is 3.33. The van der Waals surface area contributed by atoms with Crippen molar-refractivity contribution in [2.45, 2.75) is 13.3 Å². The first-order chi connectivity index (χ1) is 11.4. The zero-order chi connectivity index (χ0) is 17.3. The normalized spacial score (nSPS) is 18.8. The van der Waals surface area contributed by atoms with Crippen LogP contribution in [-0.2, 0) is 9.59 Å². The minimum Gasteiger partial charge on any atom is -0.326 e. The van der Waals surface area contributed by atoms with E-state index in [-0.39, 0.29) is 11.6 Å². The molecule has 24 heavy (non-hydrogen) atoms. The fraction of sp³-hybridized carbons (Fsp3) is 0.222. The second kappa shape index (κ2) is 6.39. The fourth-order valence-corrected chi connectivity index (χ4v) is 2.46. The Morgan fingerprint density at radius 1 is 0.958 bits per heavy atom. The molecule has 0 saturated heterocycles. The van der Waals surface area contributed by atoms with E-state index in [1.54, 1.807) is 12.1 Å². The second-order valence-electron chi connectivity index (χ2n) is 5.92. The molecular weight excluding hydrogens is 314 g/mol. The van der Waals surface area contributed by atoms with Crippen molar-refractivity contribution in [3.8, 4) is 0 Å². The van der Waals surface area contributed by atoms with Gasteiger partial charge in [-0.15, -0.1) is 0 Å². The highest BCUT2D eigenvalue weighted by atomic mass is 19.1. The van der Waals surface area contributed by atoms with Gasteiger partial charge in [0.25, 0.3) is 0 Å². The van der Waals surface area contributed by atoms with Crippen LogP contribution in [0.15, 0.2) is 42.5 Å². The summed E-state index contributed by atoms with van der Waals surface area (Å²) in [6.07, 6.45) is 0.409. The largest absolute Gasteiger partial charge is 0.326 e. The lowest BCUT2D eigenvalue weighted by molar-refractivity contribution is -0.122. The Balaban J connectivity index is 1.57. The molecule has 4 nitrogen and oxygen atoms in total. The first-order valence-corrected chi connectivity index (χ1v) is 7.57. The van der Waals surface area contributed by atoms with Crippen molar-refractivity contribution < 1.29 is 18.4 Å². The van der Waals surface area contributed by atoms with E-state index < -0.39 is 29.4 Å². The molecule has 1 aliphatic carbocycles. The summed E-state index contributed by atoms with van der Waals surface area (Å²) in [5.41, 5.74) is 1.66. The van der Waals surface area contributed by atoms with Gasteiger partial charge >= 0.3 is 0 Å². The molecule has 1 aliphatic rings. The molecule has 0 spiro atoms. The van der Waals surface area contributed by atoms with Gasteiger partial charge in [-0.1, -0.05) is 17.7 Å². The molecule has 2 aromatic rings. The summed E-state index contributed by atoms with van der Waals surface area (Å²) in [6.45, 7) is 1.95. The molecule has 2 amide bonds. The Morgan fingerprint density at radius 2 is 1.58 bits per heavy atom. The number of anilines is 2. The minimum absolute atomic E-state index is 0.0917. The maximum atomic E-state index is 13.5. The zero-order valence-electron chi connectivity index (χ0n) is 13.0. The van der Waals surface area contributed by atoms with Crippen LogP contribution in [0.25, 0.3) is 0 Å². The molecule has 1 saturated carbocycles. The molecule has 124 valence electrons. The number of rotatable bonds is 4. The van der Waals surface area contributed by atoms with E-state index in [0.29, 0.717) is 18.2 Å². The van der Waals surface area contributed by atoms with Gasteiger partial charge in [-0.25, -0.2) is 8.78 Å². The lowest BCUT2D eigenvalue weighted by Gasteiger charge is -2.07. The topological polar surface area (TPSA) is 58.2 Å². The van der Waals surface area contributed by atoms with Crippen molar-refractivity contribution in [1.29, 1.82) is 0 Å². The van der Waals surface area contributed by atoms with Crippen molar-refractivity contribution in [3.63, 3.8) is 0 Å². The maximum Gasteiger partial charge on any atom is 0.228 e. The van der Waals surface area contributed by atoms with E-state index in [9.17, 15) is 18.4 Å². The van der Waals surface area contributed by atoms with E-state index in [1.807, 2.05) is 19.1 Å². The van der Waals surface area contributed by atoms with Crippen LogP contribution in [0.4, 0.5) is 20.2 Å². The van der Waals surface area contributed by atoms with Crippen molar-refractivity contribution in [1.82, 2.24) is 0 Å². The third-order valence-corrected chi connectivity index (χ3v) is 3.97. The highest BCUT2D eigenvalue weighted by Gasteiger charge is 2.48. The van der Waals surface area contributed by atoms with Crippen LogP contribution in [0.5, 0.6) is 0 Å². The summed E-state index contributed by atoms with van der Waals surface area (Å²) >= 11 is 0. The van der Waals surface area contributed by atoms with Crippen LogP contribution in [0.1, 0.15) is 12.0 Å². The molecule has 2 unspecified atom stereocenters. The molecule has 1 fully saturated rings. The molecule has 0 heterocycles. The Morgan fingerprint density at radius 3 is 2.21 bits per heavy atom. The molecule has 0 aromatic heterocycles. The highest BCUT2D eigenvalue weighted by Crippen LogP contribution is 2.40. The van der Waals surface area contributed by atoms with Crippen LogP contribution in [0.2, 0.25) is 0 Å². The lowest BCUT2D eigenvalue weighted by atomic mass is 10.2. The summed E-state index contributed by atoms with van der Waals surface area (Å²) in [6, 6.07) is 10.3. The lowest BCUT2D eigenvalue weighted by Crippen LogP contribution is -2.21. The predicted octanol–water partition coefficient (Wildman–Crippen LogP) is 3.49. The van der Waals surface area contributed by atoms with E-state index in [1.165, 1.54) is 0 Å². The van der Waals surface area contributed by atoms with Gasteiger partial charge in [0.05, 0.1) is 17.5 Å². The minimum atomic E-state index is -0.843. The van der Waals surface area contributed by atoms with Gasteiger partial charge < -0.3 is 10.6 Å². The number of aryl methyl sites for hydroxylation is 1. The first kappa shape index (κ1) is 16.1. The Hall–Kier alpha value is -2.76. The molecule has 0 radical (unpaired) electrons. The summed E-state index contributed by atoms with van der Waals surface area (Å²) in [7, 11) is 0. The fourth-order valence-electron chi connectivity index (χ4n) is 2.46. The van der Waals surface area contributed by atoms with Gasteiger partial charge in [0.15, 0.2) is 0 Å². The number of benzene rings is 2. The number of carbonyl (C=O) groups is 2. The van der Waals surface area contributed by atoms with Crippen LogP contribution >= 0.6 is 0 Å². The molecule has 0 bridgehead atoms. The van der Waals surface area contributed by atoms with E-state index in [4.69, 9.17) is 0 Å². The van der Waals surface area contributed by atoms with E-state index in [0.717, 1.165) is 17.7 Å². The number of nitrogens with one attached hydrogen (secondary N) is 2. The summed E-state index contributed by atoms with van der Waals surface area (Å²) in [4.78, 5) is 24.2. The van der Waals surface area contributed by atoms with Crippen molar-refractivity contribution >= 4 is 23.2 Å². The van der Waals surface area contributed by atoms with Gasteiger partial charge in [-0.2, -0.15) is 0 Å².